The number of aromatic nitrogens is 1. The second-order valence-corrected chi connectivity index (χ2v) is 4.41. The van der Waals surface area contributed by atoms with Crippen molar-refractivity contribution in [2.45, 2.75) is 6.92 Å². The largest absolute Gasteiger partial charge is 0.506 e. The SMILES string of the molecule is Cc1cc(N(C)C)cc(O)c1N=Nc1ccccn1. The number of hydrogen-bond acceptors (Lipinski definition) is 5. The predicted octanol–water partition coefficient (Wildman–Crippen LogP) is 3.58. The van der Waals surface area contributed by atoms with Crippen LogP contribution in [0.4, 0.5) is 17.2 Å². The van der Waals surface area contributed by atoms with Crippen LogP contribution in [0, 0.1) is 6.92 Å². The molecule has 1 heterocycles. The summed E-state index contributed by atoms with van der Waals surface area (Å²) in [4.78, 5) is 5.97. The van der Waals surface area contributed by atoms with E-state index in [9.17, 15) is 5.11 Å². The lowest BCUT2D eigenvalue weighted by Gasteiger charge is -2.14. The van der Waals surface area contributed by atoms with Crippen molar-refractivity contribution in [2.24, 2.45) is 10.2 Å². The Morgan fingerprint density at radius 3 is 2.53 bits per heavy atom. The molecule has 0 aliphatic carbocycles. The van der Waals surface area contributed by atoms with Gasteiger partial charge in [0.1, 0.15) is 11.4 Å². The molecule has 0 saturated carbocycles. The summed E-state index contributed by atoms with van der Waals surface area (Å²) in [6, 6.07) is 9.02. The number of nitrogens with zero attached hydrogens (tertiary/aromatic N) is 4. The van der Waals surface area contributed by atoms with Crippen molar-refractivity contribution >= 4 is 17.2 Å². The fourth-order valence-electron chi connectivity index (χ4n) is 1.64. The van der Waals surface area contributed by atoms with Gasteiger partial charge in [-0.25, -0.2) is 4.98 Å². The Bertz CT molecular complexity index is 571. The van der Waals surface area contributed by atoms with Gasteiger partial charge in [-0.3, -0.25) is 0 Å². The van der Waals surface area contributed by atoms with Crippen molar-refractivity contribution in [3.05, 3.63) is 42.1 Å². The van der Waals surface area contributed by atoms with Crippen molar-refractivity contribution < 1.29 is 5.11 Å². The van der Waals surface area contributed by atoms with Crippen molar-refractivity contribution in [1.29, 1.82) is 0 Å². The van der Waals surface area contributed by atoms with Gasteiger partial charge in [0.25, 0.3) is 0 Å². The summed E-state index contributed by atoms with van der Waals surface area (Å²) in [5.74, 6) is 0.626. The highest BCUT2D eigenvalue weighted by molar-refractivity contribution is 5.65. The van der Waals surface area contributed by atoms with Crippen LogP contribution < -0.4 is 4.90 Å². The molecule has 0 spiro atoms. The summed E-state index contributed by atoms with van der Waals surface area (Å²) >= 11 is 0. The summed E-state index contributed by atoms with van der Waals surface area (Å²) in [6.07, 6.45) is 1.65. The van der Waals surface area contributed by atoms with E-state index in [2.05, 4.69) is 15.2 Å². The van der Waals surface area contributed by atoms with E-state index in [-0.39, 0.29) is 5.75 Å². The fourth-order valence-corrected chi connectivity index (χ4v) is 1.64. The number of hydrogen-bond donors (Lipinski definition) is 1. The van der Waals surface area contributed by atoms with Crippen LogP contribution in [-0.2, 0) is 0 Å². The number of phenols is 1. The van der Waals surface area contributed by atoms with Crippen LogP contribution in [0.1, 0.15) is 5.56 Å². The third-order valence-corrected chi connectivity index (χ3v) is 2.68. The zero-order valence-corrected chi connectivity index (χ0v) is 11.2. The lowest BCUT2D eigenvalue weighted by molar-refractivity contribution is 0.476. The lowest BCUT2D eigenvalue weighted by Crippen LogP contribution is -2.08. The number of rotatable bonds is 3. The van der Waals surface area contributed by atoms with E-state index in [1.165, 1.54) is 0 Å². The number of aryl methyl sites for hydroxylation is 1. The zero-order chi connectivity index (χ0) is 13.8. The van der Waals surface area contributed by atoms with Gasteiger partial charge in [0, 0.05) is 32.0 Å². The average Bonchev–Trinajstić information content (AvgIpc) is 2.38. The maximum absolute atomic E-state index is 10.00. The van der Waals surface area contributed by atoms with Crippen molar-refractivity contribution in [1.82, 2.24) is 4.98 Å². The van der Waals surface area contributed by atoms with Gasteiger partial charge in [-0.15, -0.1) is 10.2 Å². The molecule has 0 fully saturated rings. The van der Waals surface area contributed by atoms with Gasteiger partial charge in [0.2, 0.25) is 0 Å². The number of benzene rings is 1. The summed E-state index contributed by atoms with van der Waals surface area (Å²) < 4.78 is 0. The fraction of sp³-hybridized carbons (Fsp3) is 0.214. The highest BCUT2D eigenvalue weighted by Crippen LogP contribution is 2.35. The van der Waals surface area contributed by atoms with E-state index >= 15 is 0 Å². The number of phenolic OH excluding ortho intramolecular Hbond substituents is 1. The third-order valence-electron chi connectivity index (χ3n) is 2.68. The Balaban J connectivity index is 2.33. The first kappa shape index (κ1) is 13.0. The monoisotopic (exact) mass is 256 g/mol. The van der Waals surface area contributed by atoms with Gasteiger partial charge in [-0.1, -0.05) is 6.07 Å². The molecule has 5 heteroatoms. The quantitative estimate of drug-likeness (QED) is 0.854. The topological polar surface area (TPSA) is 61.1 Å². The molecule has 0 saturated heterocycles. The first-order chi connectivity index (χ1) is 9.08. The van der Waals surface area contributed by atoms with Crippen LogP contribution >= 0.6 is 0 Å². The molecular weight excluding hydrogens is 240 g/mol. The molecule has 5 nitrogen and oxygen atoms in total. The minimum absolute atomic E-state index is 0.114. The maximum atomic E-state index is 10.00. The molecule has 98 valence electrons. The Kier molecular flexibility index (Phi) is 3.75. The van der Waals surface area contributed by atoms with Crippen LogP contribution in [-0.4, -0.2) is 24.2 Å². The van der Waals surface area contributed by atoms with Gasteiger partial charge in [-0.05, 0) is 30.7 Å². The van der Waals surface area contributed by atoms with E-state index in [1.807, 2.05) is 44.1 Å². The Morgan fingerprint density at radius 1 is 1.16 bits per heavy atom. The van der Waals surface area contributed by atoms with Crippen LogP contribution in [0.5, 0.6) is 5.75 Å². The Labute approximate surface area is 112 Å². The highest BCUT2D eigenvalue weighted by Gasteiger charge is 2.08. The Morgan fingerprint density at radius 2 is 1.95 bits per heavy atom. The van der Waals surface area contributed by atoms with Gasteiger partial charge >= 0.3 is 0 Å². The Hall–Kier alpha value is -2.43. The van der Waals surface area contributed by atoms with Crippen molar-refractivity contribution in [3.63, 3.8) is 0 Å². The summed E-state index contributed by atoms with van der Waals surface area (Å²) in [7, 11) is 3.84. The lowest BCUT2D eigenvalue weighted by atomic mass is 10.1. The van der Waals surface area contributed by atoms with E-state index in [4.69, 9.17) is 0 Å². The van der Waals surface area contributed by atoms with E-state index in [1.54, 1.807) is 18.3 Å². The molecule has 2 aromatic rings. The van der Waals surface area contributed by atoms with E-state index in [0.29, 0.717) is 11.5 Å². The van der Waals surface area contributed by atoms with Gasteiger partial charge < -0.3 is 10.0 Å². The van der Waals surface area contributed by atoms with Crippen LogP contribution in [0.25, 0.3) is 0 Å². The minimum Gasteiger partial charge on any atom is -0.506 e. The molecule has 0 aliphatic rings. The standard InChI is InChI=1S/C14H16N4O/c1-10-8-11(18(2)3)9-12(19)14(10)17-16-13-6-4-5-7-15-13/h4-9,19H,1-3H3. The molecule has 0 unspecified atom stereocenters. The molecular formula is C14H16N4O. The first-order valence-corrected chi connectivity index (χ1v) is 5.91. The molecule has 0 atom stereocenters. The normalized spacial score (nSPS) is 10.9. The summed E-state index contributed by atoms with van der Waals surface area (Å²) in [6.45, 7) is 1.89. The molecule has 0 amide bonds. The molecule has 0 bridgehead atoms. The second-order valence-electron chi connectivity index (χ2n) is 4.41. The van der Waals surface area contributed by atoms with Gasteiger partial charge in [0.15, 0.2) is 5.82 Å². The molecule has 0 radical (unpaired) electrons. The molecule has 1 N–H and O–H groups in total. The van der Waals surface area contributed by atoms with E-state index < -0.39 is 0 Å². The molecule has 1 aromatic heterocycles. The smallest absolute Gasteiger partial charge is 0.174 e. The number of azo groups is 1. The first-order valence-electron chi connectivity index (χ1n) is 5.91. The highest BCUT2D eigenvalue weighted by atomic mass is 16.3. The third kappa shape index (κ3) is 3.07. The number of aromatic hydroxyl groups is 1. The zero-order valence-electron chi connectivity index (χ0n) is 11.2. The molecule has 19 heavy (non-hydrogen) atoms. The molecule has 0 aliphatic heterocycles. The van der Waals surface area contributed by atoms with Crippen molar-refractivity contribution in [2.75, 3.05) is 19.0 Å². The van der Waals surface area contributed by atoms with Gasteiger partial charge in [-0.2, -0.15) is 0 Å². The minimum atomic E-state index is 0.114. The predicted molar refractivity (Wildman–Crippen MR) is 75.6 cm³/mol. The number of anilines is 1. The average molecular weight is 256 g/mol. The van der Waals surface area contributed by atoms with Crippen LogP contribution in [0.15, 0.2) is 46.8 Å². The van der Waals surface area contributed by atoms with Crippen molar-refractivity contribution in [3.8, 4) is 5.75 Å². The summed E-state index contributed by atoms with van der Waals surface area (Å²) in [5.41, 5.74) is 2.26. The molecule has 1 aromatic carbocycles. The number of pyridine rings is 1. The summed E-state index contributed by atoms with van der Waals surface area (Å²) in [5, 5.41) is 18.1. The van der Waals surface area contributed by atoms with E-state index in [0.717, 1.165) is 11.3 Å². The van der Waals surface area contributed by atoms with Gasteiger partial charge in [0.05, 0.1) is 0 Å². The molecule has 2 rings (SSSR count). The van der Waals surface area contributed by atoms with Crippen LogP contribution in [0.3, 0.4) is 0 Å². The second kappa shape index (κ2) is 5.48. The maximum Gasteiger partial charge on any atom is 0.174 e. The van der Waals surface area contributed by atoms with Crippen LogP contribution in [0.2, 0.25) is 0 Å².